The van der Waals surface area contributed by atoms with Gasteiger partial charge >= 0.3 is 11.9 Å². The molecule has 0 amide bonds. The molecule has 0 unspecified atom stereocenters. The zero-order valence-corrected chi connectivity index (χ0v) is 22.7. The molecule has 0 radical (unpaired) electrons. The molecule has 0 aromatic heterocycles. The Morgan fingerprint density at radius 3 is 1.78 bits per heavy atom. The average molecular weight is 508 g/mol. The lowest BCUT2D eigenvalue weighted by atomic mass is 10.1. The highest BCUT2D eigenvalue weighted by Gasteiger charge is 2.07. The minimum atomic E-state index is -0.362. The van der Waals surface area contributed by atoms with Crippen LogP contribution in [0.1, 0.15) is 101 Å². The van der Waals surface area contributed by atoms with Gasteiger partial charge in [0, 0.05) is 18.7 Å². The van der Waals surface area contributed by atoms with Gasteiger partial charge in [0.2, 0.25) is 0 Å². The van der Waals surface area contributed by atoms with Crippen LogP contribution in [0, 0.1) is 0 Å². The Balaban J connectivity index is 1.88. The van der Waals surface area contributed by atoms with Crippen LogP contribution >= 0.6 is 0 Å². The van der Waals surface area contributed by atoms with E-state index in [-0.39, 0.29) is 25.2 Å². The number of carbonyl (C=O) groups excluding carboxylic acids is 2. The maximum absolute atomic E-state index is 12.1. The maximum Gasteiger partial charge on any atom is 0.338 e. The predicted molar refractivity (Wildman–Crippen MR) is 145 cm³/mol. The van der Waals surface area contributed by atoms with E-state index in [1.165, 1.54) is 44.9 Å². The van der Waals surface area contributed by atoms with E-state index >= 15 is 0 Å². The standard InChI is InChI=1S/C29H49NO6/c1-3-5-7-8-9-10-11-12-13-14-28(31)35-24-22-33-20-21-34-23-25-36-29(32)26-15-17-27(18-16-26)30-19-6-4-2/h15-18,30H,3-14,19-25H2,1-2H3. The SMILES string of the molecule is CCCCCCCCCCCC(=O)OCCOCCOCCOC(=O)c1ccc(NCCCC)cc1. The molecule has 1 rings (SSSR count). The number of rotatable bonds is 24. The molecule has 1 aromatic rings. The Morgan fingerprint density at radius 2 is 1.17 bits per heavy atom. The van der Waals surface area contributed by atoms with Gasteiger partial charge in [0.1, 0.15) is 13.2 Å². The Bertz CT molecular complexity index is 664. The Morgan fingerprint density at radius 1 is 0.639 bits per heavy atom. The van der Waals surface area contributed by atoms with E-state index in [1.54, 1.807) is 12.1 Å². The minimum Gasteiger partial charge on any atom is -0.463 e. The first-order valence-electron chi connectivity index (χ1n) is 14.0. The van der Waals surface area contributed by atoms with Crippen LogP contribution in [0.4, 0.5) is 5.69 Å². The maximum atomic E-state index is 12.1. The molecule has 0 spiro atoms. The number of benzene rings is 1. The number of hydrogen-bond donors (Lipinski definition) is 1. The predicted octanol–water partition coefficient (Wildman–Crippen LogP) is 6.55. The summed E-state index contributed by atoms with van der Waals surface area (Å²) >= 11 is 0. The van der Waals surface area contributed by atoms with Crippen molar-refractivity contribution in [1.82, 2.24) is 0 Å². The topological polar surface area (TPSA) is 83.1 Å². The summed E-state index contributed by atoms with van der Waals surface area (Å²) in [4.78, 5) is 23.8. The molecular formula is C29H49NO6. The summed E-state index contributed by atoms with van der Waals surface area (Å²) in [5, 5.41) is 3.31. The fraction of sp³-hybridized carbons (Fsp3) is 0.724. The second-order valence-electron chi connectivity index (χ2n) is 9.02. The summed E-state index contributed by atoms with van der Waals surface area (Å²) in [6.45, 7) is 7.20. The van der Waals surface area contributed by atoms with Crippen LogP contribution in [0.25, 0.3) is 0 Å². The van der Waals surface area contributed by atoms with Gasteiger partial charge < -0.3 is 24.3 Å². The van der Waals surface area contributed by atoms with Gasteiger partial charge in [0.25, 0.3) is 0 Å². The highest BCUT2D eigenvalue weighted by molar-refractivity contribution is 5.89. The number of carbonyl (C=O) groups is 2. The van der Waals surface area contributed by atoms with Crippen molar-refractivity contribution in [2.45, 2.75) is 90.9 Å². The van der Waals surface area contributed by atoms with Gasteiger partial charge in [-0.1, -0.05) is 71.6 Å². The summed E-state index contributed by atoms with van der Waals surface area (Å²) < 4.78 is 21.2. The molecule has 0 aliphatic rings. The first kappa shape index (κ1) is 31.9. The normalized spacial score (nSPS) is 10.8. The lowest BCUT2D eigenvalue weighted by Gasteiger charge is -2.09. The van der Waals surface area contributed by atoms with Crippen molar-refractivity contribution in [2.24, 2.45) is 0 Å². The van der Waals surface area contributed by atoms with Gasteiger partial charge in [0.15, 0.2) is 0 Å². The monoisotopic (exact) mass is 507 g/mol. The smallest absolute Gasteiger partial charge is 0.338 e. The molecule has 0 atom stereocenters. The molecular weight excluding hydrogens is 458 g/mol. The van der Waals surface area contributed by atoms with E-state index < -0.39 is 0 Å². The van der Waals surface area contributed by atoms with Crippen LogP contribution in [0.5, 0.6) is 0 Å². The molecule has 0 saturated carbocycles. The average Bonchev–Trinajstić information content (AvgIpc) is 2.89. The number of anilines is 1. The van der Waals surface area contributed by atoms with Crippen LogP contribution in [0.2, 0.25) is 0 Å². The van der Waals surface area contributed by atoms with Gasteiger partial charge in [-0.2, -0.15) is 0 Å². The number of ether oxygens (including phenoxy) is 4. The highest BCUT2D eigenvalue weighted by Crippen LogP contribution is 2.12. The first-order chi connectivity index (χ1) is 17.7. The third-order valence-corrected chi connectivity index (χ3v) is 5.79. The third kappa shape index (κ3) is 18.2. The van der Waals surface area contributed by atoms with Crippen molar-refractivity contribution in [3.63, 3.8) is 0 Å². The second kappa shape index (κ2) is 23.3. The molecule has 7 nitrogen and oxygen atoms in total. The Labute approximate surface area is 218 Å². The fourth-order valence-electron chi connectivity index (χ4n) is 3.60. The van der Waals surface area contributed by atoms with Crippen LogP contribution in [-0.4, -0.2) is 58.1 Å². The molecule has 0 aliphatic heterocycles. The van der Waals surface area contributed by atoms with Crippen LogP contribution in [-0.2, 0) is 23.7 Å². The van der Waals surface area contributed by atoms with Crippen molar-refractivity contribution < 1.29 is 28.5 Å². The molecule has 0 fully saturated rings. The Kier molecular flexibility index (Phi) is 20.6. The second-order valence-corrected chi connectivity index (χ2v) is 9.02. The van der Waals surface area contributed by atoms with Crippen molar-refractivity contribution in [2.75, 3.05) is 51.5 Å². The molecule has 1 aromatic carbocycles. The van der Waals surface area contributed by atoms with E-state index in [0.29, 0.717) is 38.4 Å². The largest absolute Gasteiger partial charge is 0.463 e. The fourth-order valence-corrected chi connectivity index (χ4v) is 3.60. The molecule has 36 heavy (non-hydrogen) atoms. The lowest BCUT2D eigenvalue weighted by molar-refractivity contribution is -0.145. The van der Waals surface area contributed by atoms with Crippen molar-refractivity contribution in [3.05, 3.63) is 29.8 Å². The zero-order valence-electron chi connectivity index (χ0n) is 22.7. The molecule has 0 aliphatic carbocycles. The van der Waals surface area contributed by atoms with Gasteiger partial charge in [0.05, 0.1) is 32.0 Å². The van der Waals surface area contributed by atoms with E-state index in [4.69, 9.17) is 18.9 Å². The summed E-state index contributed by atoms with van der Waals surface area (Å²) in [6.07, 6.45) is 13.8. The van der Waals surface area contributed by atoms with Crippen LogP contribution in [0.3, 0.4) is 0 Å². The lowest BCUT2D eigenvalue weighted by Crippen LogP contribution is -2.15. The number of nitrogens with one attached hydrogen (secondary N) is 1. The van der Waals surface area contributed by atoms with Gasteiger partial charge in [-0.25, -0.2) is 4.79 Å². The van der Waals surface area contributed by atoms with Gasteiger partial charge in [-0.3, -0.25) is 4.79 Å². The number of esters is 2. The van der Waals surface area contributed by atoms with E-state index in [2.05, 4.69) is 19.2 Å². The molecule has 7 heteroatoms. The molecule has 0 saturated heterocycles. The summed E-state index contributed by atoms with van der Waals surface area (Å²) in [5.41, 5.74) is 1.52. The summed E-state index contributed by atoms with van der Waals surface area (Å²) in [7, 11) is 0. The van der Waals surface area contributed by atoms with E-state index in [0.717, 1.165) is 37.9 Å². The highest BCUT2D eigenvalue weighted by atomic mass is 16.6. The van der Waals surface area contributed by atoms with E-state index in [9.17, 15) is 9.59 Å². The zero-order chi connectivity index (χ0) is 26.1. The van der Waals surface area contributed by atoms with Crippen LogP contribution < -0.4 is 5.32 Å². The summed E-state index contributed by atoms with van der Waals surface area (Å²) in [5.74, 6) is -0.513. The van der Waals surface area contributed by atoms with Gasteiger partial charge in [-0.15, -0.1) is 0 Å². The first-order valence-corrected chi connectivity index (χ1v) is 14.0. The molecule has 1 N–H and O–H groups in total. The summed E-state index contributed by atoms with van der Waals surface area (Å²) in [6, 6.07) is 7.28. The number of unbranched alkanes of at least 4 members (excludes halogenated alkanes) is 9. The molecule has 0 heterocycles. The van der Waals surface area contributed by atoms with E-state index in [1.807, 2.05) is 12.1 Å². The number of hydrogen-bond acceptors (Lipinski definition) is 7. The molecule has 206 valence electrons. The van der Waals surface area contributed by atoms with Gasteiger partial charge in [-0.05, 0) is 37.1 Å². The quantitative estimate of drug-likeness (QED) is 0.125. The van der Waals surface area contributed by atoms with Crippen molar-refractivity contribution in [1.29, 1.82) is 0 Å². The van der Waals surface area contributed by atoms with Crippen molar-refractivity contribution in [3.8, 4) is 0 Å². The van der Waals surface area contributed by atoms with Crippen molar-refractivity contribution >= 4 is 17.6 Å². The molecule has 0 bridgehead atoms. The Hall–Kier alpha value is -2.12. The minimum absolute atomic E-state index is 0.151. The van der Waals surface area contributed by atoms with Crippen LogP contribution in [0.15, 0.2) is 24.3 Å². The third-order valence-electron chi connectivity index (χ3n) is 5.79.